The minimum absolute atomic E-state index is 0. The topological polar surface area (TPSA) is 109 Å². The second-order valence-corrected chi connectivity index (χ2v) is 11.0. The summed E-state index contributed by atoms with van der Waals surface area (Å²) >= 11 is 0. The number of fused-ring (bicyclic) bond motifs is 1. The molecule has 36 heavy (non-hydrogen) atoms. The average molecular weight is 535 g/mol. The molecule has 2 N–H and O–H groups in total. The molecule has 0 spiro atoms. The molecule has 1 atom stereocenters. The van der Waals surface area contributed by atoms with E-state index in [4.69, 9.17) is 9.72 Å². The first-order valence-electron chi connectivity index (χ1n) is 11.8. The van der Waals surface area contributed by atoms with Crippen LogP contribution in [0.15, 0.2) is 36.7 Å². The third-order valence-electron chi connectivity index (χ3n) is 6.62. The fraction of sp³-hybridized carbons (Fsp3) is 0.458. The fourth-order valence-corrected chi connectivity index (χ4v) is 5.59. The number of morpholine rings is 1. The van der Waals surface area contributed by atoms with Crippen molar-refractivity contribution in [3.8, 4) is 11.3 Å². The lowest BCUT2D eigenvalue weighted by molar-refractivity contribution is 0.0372. The van der Waals surface area contributed by atoms with Gasteiger partial charge in [-0.05, 0) is 36.5 Å². The van der Waals surface area contributed by atoms with Crippen LogP contribution in [0.2, 0.25) is 0 Å². The molecule has 0 amide bonds. The molecule has 5 rings (SSSR count). The summed E-state index contributed by atoms with van der Waals surface area (Å²) in [5.41, 5.74) is 3.17. The summed E-state index contributed by atoms with van der Waals surface area (Å²) in [5.74, 6) is 0.258. The van der Waals surface area contributed by atoms with Gasteiger partial charge in [-0.3, -0.25) is 4.98 Å². The third kappa shape index (κ3) is 5.94. The minimum atomic E-state index is -3.22. The average Bonchev–Trinajstić information content (AvgIpc) is 2.87. The van der Waals surface area contributed by atoms with E-state index in [9.17, 15) is 8.42 Å². The van der Waals surface area contributed by atoms with Crippen molar-refractivity contribution in [1.82, 2.24) is 24.6 Å². The van der Waals surface area contributed by atoms with E-state index in [0.717, 1.165) is 13.1 Å². The quantitative estimate of drug-likeness (QED) is 0.497. The Morgan fingerprint density at radius 2 is 1.97 bits per heavy atom. The molecule has 2 fully saturated rings. The summed E-state index contributed by atoms with van der Waals surface area (Å²) in [6.07, 6.45) is 5.67. The lowest BCUT2D eigenvalue weighted by Crippen LogP contribution is -2.42. The second-order valence-electron chi connectivity index (χ2n) is 9.03. The number of nitrogens with one attached hydrogen (secondary N) is 2. The molecule has 12 heteroatoms. The predicted octanol–water partition coefficient (Wildman–Crippen LogP) is 2.48. The Kier molecular flexibility index (Phi) is 8.41. The molecule has 0 bridgehead atoms. The van der Waals surface area contributed by atoms with E-state index in [-0.39, 0.29) is 31.3 Å². The maximum atomic E-state index is 15.2. The molecule has 2 aliphatic rings. The van der Waals surface area contributed by atoms with Crippen LogP contribution in [0.5, 0.6) is 0 Å². The monoisotopic (exact) mass is 534 g/mol. The Balaban J connectivity index is 0.00000304. The van der Waals surface area contributed by atoms with Crippen molar-refractivity contribution in [3.05, 3.63) is 48.0 Å². The number of hydrogen-bond donors (Lipinski definition) is 2. The maximum absolute atomic E-state index is 15.2. The third-order valence-corrected chi connectivity index (χ3v) is 7.92. The molecular weight excluding hydrogens is 503 g/mol. The summed E-state index contributed by atoms with van der Waals surface area (Å²) in [6, 6.07) is 6.97. The second kappa shape index (κ2) is 11.3. The molecule has 4 heterocycles. The molecule has 9 nitrogen and oxygen atoms in total. The number of rotatable bonds is 6. The predicted molar refractivity (Wildman–Crippen MR) is 143 cm³/mol. The van der Waals surface area contributed by atoms with Crippen molar-refractivity contribution >= 4 is 40.4 Å². The van der Waals surface area contributed by atoms with Gasteiger partial charge < -0.3 is 15.4 Å². The van der Waals surface area contributed by atoms with Gasteiger partial charge in [-0.25, -0.2) is 27.1 Å². The van der Waals surface area contributed by atoms with Crippen LogP contribution in [0.3, 0.4) is 0 Å². The Bertz CT molecular complexity index is 1310. The Labute approximate surface area is 217 Å². The number of benzene rings is 1. The van der Waals surface area contributed by atoms with E-state index in [2.05, 4.69) is 20.6 Å². The number of halogens is 1. The Hall–Kier alpha value is -2.38. The summed E-state index contributed by atoms with van der Waals surface area (Å²) in [6.45, 7) is 3.65. The summed E-state index contributed by atoms with van der Waals surface area (Å²) in [5, 5.41) is 6.64. The van der Waals surface area contributed by atoms with E-state index in [1.807, 2.05) is 12.1 Å². The van der Waals surface area contributed by atoms with Crippen molar-refractivity contribution < 1.29 is 17.5 Å². The Morgan fingerprint density at radius 3 is 2.67 bits per heavy atom. The van der Waals surface area contributed by atoms with Gasteiger partial charge in [-0.15, -0.1) is 0 Å². The van der Waals surface area contributed by atoms with Gasteiger partial charge in [0.2, 0.25) is 10.0 Å². The number of aromatic nitrogens is 3. The number of sulfonamides is 1. The molecule has 2 saturated heterocycles. The molecule has 0 radical (unpaired) electrons. The number of piperidine rings is 1. The van der Waals surface area contributed by atoms with Crippen molar-refractivity contribution in [1.29, 1.82) is 0 Å². The van der Waals surface area contributed by atoms with Gasteiger partial charge in [0.05, 0.1) is 30.2 Å². The van der Waals surface area contributed by atoms with Gasteiger partial charge in [0.15, 0.2) is 5.82 Å². The SMILES string of the molecule is CS(=O)(=O)N1CCC(c2ccc(-c3cc4nccnc4c(NC[C@@H]4CNCCO4)n3)cc2F)CC1.S. The first kappa shape index (κ1) is 26.7. The smallest absolute Gasteiger partial charge is 0.211 e. The summed E-state index contributed by atoms with van der Waals surface area (Å²) < 4.78 is 46.0. The number of pyridine rings is 1. The fourth-order valence-electron chi connectivity index (χ4n) is 4.72. The van der Waals surface area contributed by atoms with Crippen molar-refractivity contribution in [2.24, 2.45) is 0 Å². The summed E-state index contributed by atoms with van der Waals surface area (Å²) in [4.78, 5) is 13.6. The van der Waals surface area contributed by atoms with E-state index in [1.165, 1.54) is 16.6 Å². The van der Waals surface area contributed by atoms with Crippen LogP contribution in [0.25, 0.3) is 22.3 Å². The van der Waals surface area contributed by atoms with E-state index in [1.54, 1.807) is 18.5 Å². The van der Waals surface area contributed by atoms with Gasteiger partial charge in [-0.1, -0.05) is 12.1 Å². The molecule has 194 valence electrons. The Morgan fingerprint density at radius 1 is 1.19 bits per heavy atom. The zero-order valence-electron chi connectivity index (χ0n) is 20.1. The molecule has 2 aliphatic heterocycles. The first-order valence-corrected chi connectivity index (χ1v) is 13.7. The lowest BCUT2D eigenvalue weighted by atomic mass is 9.89. The highest BCUT2D eigenvalue weighted by Gasteiger charge is 2.27. The number of nitrogens with zero attached hydrogens (tertiary/aromatic N) is 4. The molecular formula is C24H31FN6O3S2. The molecule has 1 aromatic carbocycles. The number of anilines is 1. The number of hydrogen-bond acceptors (Lipinski definition) is 8. The molecule has 0 saturated carbocycles. The van der Waals surface area contributed by atoms with Crippen LogP contribution in [0.1, 0.15) is 24.3 Å². The lowest BCUT2D eigenvalue weighted by Gasteiger charge is -2.30. The van der Waals surface area contributed by atoms with Gasteiger partial charge in [0.1, 0.15) is 11.3 Å². The highest BCUT2D eigenvalue weighted by molar-refractivity contribution is 7.88. The highest BCUT2D eigenvalue weighted by atomic mass is 32.2. The molecule has 0 unspecified atom stereocenters. The van der Waals surface area contributed by atoms with Gasteiger partial charge >= 0.3 is 0 Å². The van der Waals surface area contributed by atoms with E-state index >= 15 is 4.39 Å². The van der Waals surface area contributed by atoms with Gasteiger partial charge in [0, 0.05) is 50.7 Å². The standard InChI is InChI=1S/C24H29FN6O3S.H2S/c1-35(32,33)31-9-4-16(5-10-31)19-3-2-17(12-20(19)25)21-13-22-23(28-7-6-27-22)24(30-21)29-15-18-14-26-8-11-34-18;/h2-3,6-7,12-13,16,18,26H,4-5,8-11,14-15H2,1H3,(H,29,30);1H2/t18-;/m0./s1. The zero-order valence-corrected chi connectivity index (χ0v) is 21.9. The van der Waals surface area contributed by atoms with Crippen LogP contribution in [0.4, 0.5) is 10.2 Å². The minimum Gasteiger partial charge on any atom is -0.374 e. The van der Waals surface area contributed by atoms with Gasteiger partial charge in [0.25, 0.3) is 0 Å². The molecule has 2 aromatic heterocycles. The van der Waals surface area contributed by atoms with E-state index in [0.29, 0.717) is 72.8 Å². The van der Waals surface area contributed by atoms with E-state index < -0.39 is 10.0 Å². The normalized spacial score (nSPS) is 19.7. The summed E-state index contributed by atoms with van der Waals surface area (Å²) in [7, 11) is -3.22. The first-order chi connectivity index (χ1) is 16.9. The van der Waals surface area contributed by atoms with Crippen molar-refractivity contribution in [3.63, 3.8) is 0 Å². The number of ether oxygens (including phenoxy) is 1. The van der Waals surface area contributed by atoms with Crippen LogP contribution >= 0.6 is 13.5 Å². The molecule has 3 aromatic rings. The van der Waals surface area contributed by atoms with Crippen molar-refractivity contribution in [2.45, 2.75) is 24.9 Å². The van der Waals surface area contributed by atoms with Crippen molar-refractivity contribution in [2.75, 3.05) is 50.9 Å². The maximum Gasteiger partial charge on any atom is 0.211 e. The van der Waals surface area contributed by atoms with Crippen LogP contribution < -0.4 is 10.6 Å². The van der Waals surface area contributed by atoms with Crippen LogP contribution in [-0.2, 0) is 14.8 Å². The molecule has 0 aliphatic carbocycles. The van der Waals surface area contributed by atoms with Gasteiger partial charge in [-0.2, -0.15) is 13.5 Å². The highest BCUT2D eigenvalue weighted by Crippen LogP contribution is 2.33. The van der Waals surface area contributed by atoms with Crippen LogP contribution in [-0.4, -0.2) is 79.4 Å². The zero-order chi connectivity index (χ0) is 24.4. The van der Waals surface area contributed by atoms with Crippen LogP contribution in [0, 0.1) is 5.82 Å². The largest absolute Gasteiger partial charge is 0.374 e.